The molecule has 0 unspecified atom stereocenters. The van der Waals surface area contributed by atoms with Crippen molar-refractivity contribution in [3.63, 3.8) is 0 Å². The lowest BCUT2D eigenvalue weighted by Gasteiger charge is -2.05. The van der Waals surface area contributed by atoms with Gasteiger partial charge in [0.15, 0.2) is 11.6 Å². The van der Waals surface area contributed by atoms with E-state index in [1.54, 1.807) is 6.92 Å². The van der Waals surface area contributed by atoms with E-state index in [9.17, 15) is 13.2 Å². The van der Waals surface area contributed by atoms with Crippen LogP contribution in [0.2, 0.25) is 0 Å². The highest BCUT2D eigenvalue weighted by atomic mass is 19.2. The van der Waals surface area contributed by atoms with Gasteiger partial charge in [0.25, 0.3) is 0 Å². The summed E-state index contributed by atoms with van der Waals surface area (Å²) in [5.74, 6) is -2.85. The molecular formula is C9H10F3N. The molecule has 0 radical (unpaired) electrons. The van der Waals surface area contributed by atoms with Gasteiger partial charge in [0.1, 0.15) is 5.82 Å². The van der Waals surface area contributed by atoms with Gasteiger partial charge in [-0.25, -0.2) is 13.2 Å². The maximum absolute atomic E-state index is 12.9. The highest BCUT2D eigenvalue weighted by molar-refractivity contribution is 5.20. The van der Waals surface area contributed by atoms with Crippen molar-refractivity contribution >= 4 is 0 Å². The summed E-state index contributed by atoms with van der Waals surface area (Å²) in [7, 11) is 0. The number of hydrogen-bond acceptors (Lipinski definition) is 1. The van der Waals surface area contributed by atoms with Crippen LogP contribution in [-0.4, -0.2) is 6.54 Å². The zero-order chi connectivity index (χ0) is 9.84. The lowest BCUT2D eigenvalue weighted by atomic mass is 10.2. The molecular weight excluding hydrogens is 179 g/mol. The second kappa shape index (κ2) is 4.28. The summed E-state index contributed by atoms with van der Waals surface area (Å²) in [6.07, 6.45) is 0. The molecule has 1 N–H and O–H groups in total. The van der Waals surface area contributed by atoms with Crippen LogP contribution < -0.4 is 5.32 Å². The van der Waals surface area contributed by atoms with E-state index in [1.165, 1.54) is 0 Å². The summed E-state index contributed by atoms with van der Waals surface area (Å²) in [6, 6.07) is 1.70. The Balaban J connectivity index is 2.96. The summed E-state index contributed by atoms with van der Waals surface area (Å²) >= 11 is 0. The van der Waals surface area contributed by atoms with Gasteiger partial charge in [0, 0.05) is 12.1 Å². The first-order chi connectivity index (χ1) is 6.16. The zero-order valence-corrected chi connectivity index (χ0v) is 7.20. The molecule has 0 aromatic heterocycles. The second-order valence-electron chi connectivity index (χ2n) is 2.60. The molecule has 1 aromatic carbocycles. The van der Waals surface area contributed by atoms with Gasteiger partial charge < -0.3 is 5.32 Å². The fraction of sp³-hybridized carbons (Fsp3) is 0.333. The Labute approximate surface area is 74.6 Å². The summed E-state index contributed by atoms with van der Waals surface area (Å²) in [6.45, 7) is 2.39. The van der Waals surface area contributed by atoms with Gasteiger partial charge in [-0.15, -0.1) is 0 Å². The summed E-state index contributed by atoms with van der Waals surface area (Å²) in [4.78, 5) is 0. The first-order valence-corrected chi connectivity index (χ1v) is 4.00. The van der Waals surface area contributed by atoms with E-state index >= 15 is 0 Å². The average Bonchev–Trinajstić information content (AvgIpc) is 2.12. The average molecular weight is 189 g/mol. The second-order valence-corrected chi connectivity index (χ2v) is 2.60. The molecule has 0 aliphatic heterocycles. The molecule has 1 nitrogen and oxygen atoms in total. The first-order valence-electron chi connectivity index (χ1n) is 4.00. The number of halogens is 3. The minimum absolute atomic E-state index is 0.00588. The minimum Gasteiger partial charge on any atom is -0.313 e. The Hall–Kier alpha value is -1.03. The van der Waals surface area contributed by atoms with Gasteiger partial charge in [-0.05, 0) is 18.7 Å². The molecule has 0 atom stereocenters. The van der Waals surface area contributed by atoms with E-state index in [2.05, 4.69) is 5.32 Å². The quantitative estimate of drug-likeness (QED) is 0.719. The number of nitrogens with one attached hydrogen (secondary N) is 1. The van der Waals surface area contributed by atoms with Crippen molar-refractivity contribution < 1.29 is 13.2 Å². The molecule has 72 valence electrons. The van der Waals surface area contributed by atoms with E-state index in [-0.39, 0.29) is 12.1 Å². The molecule has 13 heavy (non-hydrogen) atoms. The van der Waals surface area contributed by atoms with Gasteiger partial charge in [0.2, 0.25) is 0 Å². The zero-order valence-electron chi connectivity index (χ0n) is 7.20. The van der Waals surface area contributed by atoms with Crippen LogP contribution in [0, 0.1) is 17.5 Å². The summed E-state index contributed by atoms with van der Waals surface area (Å²) < 4.78 is 38.5. The molecule has 0 bridgehead atoms. The number of hydrogen-bond donors (Lipinski definition) is 1. The third kappa shape index (κ3) is 2.21. The van der Waals surface area contributed by atoms with Crippen molar-refractivity contribution in [1.82, 2.24) is 5.32 Å². The van der Waals surface area contributed by atoms with Crippen LogP contribution in [0.25, 0.3) is 0 Å². The third-order valence-corrected chi connectivity index (χ3v) is 1.69. The topological polar surface area (TPSA) is 12.0 Å². The largest absolute Gasteiger partial charge is 0.313 e. The predicted molar refractivity (Wildman–Crippen MR) is 43.7 cm³/mol. The molecule has 0 spiro atoms. The van der Waals surface area contributed by atoms with E-state index < -0.39 is 17.5 Å². The Morgan fingerprint density at radius 1 is 1.15 bits per heavy atom. The molecule has 1 aromatic rings. The molecule has 0 amide bonds. The van der Waals surface area contributed by atoms with Gasteiger partial charge in [-0.1, -0.05) is 6.92 Å². The monoisotopic (exact) mass is 189 g/mol. The Morgan fingerprint density at radius 3 is 2.38 bits per heavy atom. The van der Waals surface area contributed by atoms with Crippen LogP contribution in [-0.2, 0) is 6.54 Å². The highest BCUT2D eigenvalue weighted by Crippen LogP contribution is 2.15. The van der Waals surface area contributed by atoms with Gasteiger partial charge in [-0.2, -0.15) is 0 Å². The van der Waals surface area contributed by atoms with Crippen LogP contribution in [0.1, 0.15) is 12.5 Å². The van der Waals surface area contributed by atoms with E-state index in [0.717, 1.165) is 12.1 Å². The smallest absolute Gasteiger partial charge is 0.166 e. The summed E-state index contributed by atoms with van der Waals surface area (Å²) in [5, 5.41) is 2.73. The number of benzene rings is 1. The fourth-order valence-corrected chi connectivity index (χ4v) is 0.981. The van der Waals surface area contributed by atoms with Crippen LogP contribution in [0.15, 0.2) is 12.1 Å². The van der Waals surface area contributed by atoms with Gasteiger partial charge in [-0.3, -0.25) is 0 Å². The molecule has 1 rings (SSSR count). The van der Waals surface area contributed by atoms with Crippen molar-refractivity contribution in [2.75, 3.05) is 6.54 Å². The predicted octanol–water partition coefficient (Wildman–Crippen LogP) is 2.21. The van der Waals surface area contributed by atoms with Gasteiger partial charge in [0.05, 0.1) is 0 Å². The maximum atomic E-state index is 12.9. The Kier molecular flexibility index (Phi) is 3.31. The normalized spacial score (nSPS) is 10.5. The molecule has 4 heteroatoms. The van der Waals surface area contributed by atoms with Crippen LogP contribution in [0.4, 0.5) is 13.2 Å². The molecule has 0 aliphatic rings. The van der Waals surface area contributed by atoms with Crippen molar-refractivity contribution in [2.24, 2.45) is 0 Å². The Bertz CT molecular complexity index is 299. The fourth-order valence-electron chi connectivity index (χ4n) is 0.981. The molecule has 0 fully saturated rings. The molecule has 0 aliphatic carbocycles. The van der Waals surface area contributed by atoms with E-state index in [0.29, 0.717) is 6.54 Å². The van der Waals surface area contributed by atoms with Crippen LogP contribution in [0.5, 0.6) is 0 Å². The van der Waals surface area contributed by atoms with E-state index in [1.807, 2.05) is 0 Å². The van der Waals surface area contributed by atoms with Crippen LogP contribution in [0.3, 0.4) is 0 Å². The third-order valence-electron chi connectivity index (χ3n) is 1.69. The lowest BCUT2D eigenvalue weighted by molar-refractivity contribution is 0.472. The molecule has 0 heterocycles. The highest BCUT2D eigenvalue weighted by Gasteiger charge is 2.12. The SMILES string of the molecule is CCNCc1c(F)ccc(F)c1F. The van der Waals surface area contributed by atoms with Crippen molar-refractivity contribution in [1.29, 1.82) is 0 Å². The molecule has 0 saturated heterocycles. The Morgan fingerprint density at radius 2 is 1.77 bits per heavy atom. The lowest BCUT2D eigenvalue weighted by Crippen LogP contribution is -2.15. The minimum atomic E-state index is -1.11. The standard InChI is InChI=1S/C9H10F3N/c1-2-13-5-6-7(10)3-4-8(11)9(6)12/h3-4,13H,2,5H2,1H3. The van der Waals surface area contributed by atoms with E-state index in [4.69, 9.17) is 0 Å². The maximum Gasteiger partial charge on any atom is 0.166 e. The van der Waals surface area contributed by atoms with Gasteiger partial charge >= 0.3 is 0 Å². The van der Waals surface area contributed by atoms with Crippen molar-refractivity contribution in [3.8, 4) is 0 Å². The summed E-state index contributed by atoms with van der Waals surface area (Å²) in [5.41, 5.74) is -0.248. The van der Waals surface area contributed by atoms with Crippen molar-refractivity contribution in [2.45, 2.75) is 13.5 Å². The number of rotatable bonds is 3. The van der Waals surface area contributed by atoms with Crippen LogP contribution >= 0.6 is 0 Å². The molecule has 0 saturated carbocycles. The first kappa shape index (κ1) is 10.1. The van der Waals surface area contributed by atoms with Crippen molar-refractivity contribution in [3.05, 3.63) is 35.1 Å².